The van der Waals surface area contributed by atoms with Crippen molar-refractivity contribution < 1.29 is 14.6 Å². The monoisotopic (exact) mass is 274 g/mol. The van der Waals surface area contributed by atoms with Gasteiger partial charge in [-0.15, -0.1) is 0 Å². The normalized spacial score (nSPS) is 14.3. The first-order chi connectivity index (χ1) is 7.24. The van der Waals surface area contributed by atoms with E-state index in [1.165, 1.54) is 20.0 Å². The van der Waals surface area contributed by atoms with Crippen LogP contribution in [0.15, 0.2) is 22.7 Å². The van der Waals surface area contributed by atoms with Crippen LogP contribution in [0.4, 0.5) is 0 Å². The number of aromatic hydroxyl groups is 1. The molecule has 1 aromatic rings. The summed E-state index contributed by atoms with van der Waals surface area (Å²) in [6.07, 6.45) is 2.56. The van der Waals surface area contributed by atoms with Crippen molar-refractivity contribution >= 4 is 15.9 Å². The van der Waals surface area contributed by atoms with Crippen molar-refractivity contribution in [2.75, 3.05) is 20.3 Å². The zero-order chi connectivity index (χ0) is 11.1. The molecule has 0 amide bonds. The van der Waals surface area contributed by atoms with E-state index >= 15 is 0 Å². The average Bonchev–Trinajstić information content (AvgIpc) is 2.75. The lowest BCUT2D eigenvalue weighted by Gasteiger charge is -2.01. The van der Waals surface area contributed by atoms with Crippen molar-refractivity contribution in [2.45, 2.75) is 12.8 Å². The fraction of sp³-hybridized carbons (Fsp3) is 0.455. The molecule has 0 atom stereocenters. The van der Waals surface area contributed by atoms with E-state index in [-0.39, 0.29) is 5.75 Å². The molecule has 0 aromatic heterocycles. The molecular formula is C11H15BrO3. The standard InChI is InChI=1S/C7H7BrO2.C4H8O/c1-10-7-3-2-5(8)4-6(7)9;1-2-4-5-3-1/h2-4,9H,1H3;1-4H2. The van der Waals surface area contributed by atoms with Gasteiger partial charge in [-0.25, -0.2) is 0 Å². The van der Waals surface area contributed by atoms with Gasteiger partial charge >= 0.3 is 0 Å². The Balaban J connectivity index is 0.000000187. The van der Waals surface area contributed by atoms with E-state index in [1.807, 2.05) is 0 Å². The second-order valence-electron chi connectivity index (χ2n) is 3.14. The summed E-state index contributed by atoms with van der Waals surface area (Å²) >= 11 is 3.21. The summed E-state index contributed by atoms with van der Waals surface area (Å²) in [4.78, 5) is 0. The van der Waals surface area contributed by atoms with Crippen LogP contribution in [0.1, 0.15) is 12.8 Å². The van der Waals surface area contributed by atoms with Crippen molar-refractivity contribution in [3.8, 4) is 11.5 Å². The topological polar surface area (TPSA) is 38.7 Å². The number of halogens is 1. The third-order valence-electron chi connectivity index (χ3n) is 1.97. The molecule has 1 saturated heterocycles. The van der Waals surface area contributed by atoms with E-state index in [0.29, 0.717) is 5.75 Å². The van der Waals surface area contributed by atoms with E-state index in [9.17, 15) is 0 Å². The molecule has 15 heavy (non-hydrogen) atoms. The molecule has 1 fully saturated rings. The minimum atomic E-state index is 0.150. The number of methoxy groups -OCH3 is 1. The summed E-state index contributed by atoms with van der Waals surface area (Å²) in [7, 11) is 1.52. The van der Waals surface area contributed by atoms with Gasteiger partial charge in [0.15, 0.2) is 11.5 Å². The second kappa shape index (κ2) is 6.69. The maximum Gasteiger partial charge on any atom is 0.160 e. The van der Waals surface area contributed by atoms with E-state index in [2.05, 4.69) is 15.9 Å². The number of rotatable bonds is 1. The zero-order valence-corrected chi connectivity index (χ0v) is 10.3. The highest BCUT2D eigenvalue weighted by atomic mass is 79.9. The minimum absolute atomic E-state index is 0.150. The van der Waals surface area contributed by atoms with E-state index in [1.54, 1.807) is 18.2 Å². The summed E-state index contributed by atoms with van der Waals surface area (Å²) in [6.45, 7) is 2.00. The van der Waals surface area contributed by atoms with Crippen LogP contribution in [0, 0.1) is 0 Å². The smallest absolute Gasteiger partial charge is 0.160 e. The molecule has 0 bridgehead atoms. The third kappa shape index (κ3) is 4.53. The van der Waals surface area contributed by atoms with Gasteiger partial charge in [0.05, 0.1) is 7.11 Å². The zero-order valence-electron chi connectivity index (χ0n) is 8.70. The summed E-state index contributed by atoms with van der Waals surface area (Å²) in [5, 5.41) is 9.14. The Morgan fingerprint density at radius 3 is 2.40 bits per heavy atom. The van der Waals surface area contributed by atoms with Gasteiger partial charge in [-0.1, -0.05) is 15.9 Å². The van der Waals surface area contributed by atoms with Crippen LogP contribution in [0.2, 0.25) is 0 Å². The van der Waals surface area contributed by atoms with E-state index in [4.69, 9.17) is 14.6 Å². The van der Waals surface area contributed by atoms with Crippen LogP contribution >= 0.6 is 15.9 Å². The Labute approximate surface area is 98.1 Å². The summed E-state index contributed by atoms with van der Waals surface area (Å²) in [5.74, 6) is 0.639. The van der Waals surface area contributed by atoms with Crippen molar-refractivity contribution in [1.29, 1.82) is 0 Å². The maximum absolute atomic E-state index is 9.14. The Morgan fingerprint density at radius 2 is 2.00 bits per heavy atom. The van der Waals surface area contributed by atoms with Crippen LogP contribution in [0.25, 0.3) is 0 Å². The number of phenols is 1. The lowest BCUT2D eigenvalue weighted by Crippen LogP contribution is -1.81. The van der Waals surface area contributed by atoms with Gasteiger partial charge in [-0.2, -0.15) is 0 Å². The van der Waals surface area contributed by atoms with Gasteiger partial charge in [0, 0.05) is 17.7 Å². The quantitative estimate of drug-likeness (QED) is 0.856. The summed E-state index contributed by atoms with van der Waals surface area (Å²) < 4.78 is 10.6. The number of hydrogen-bond donors (Lipinski definition) is 1. The first-order valence-electron chi connectivity index (χ1n) is 4.84. The molecule has 0 unspecified atom stereocenters. The molecular weight excluding hydrogens is 260 g/mol. The number of hydrogen-bond acceptors (Lipinski definition) is 3. The summed E-state index contributed by atoms with van der Waals surface area (Å²) in [5.41, 5.74) is 0. The van der Waals surface area contributed by atoms with Gasteiger partial charge in [-0.3, -0.25) is 0 Å². The lowest BCUT2D eigenvalue weighted by molar-refractivity contribution is 0.198. The van der Waals surface area contributed by atoms with Crippen molar-refractivity contribution in [1.82, 2.24) is 0 Å². The van der Waals surface area contributed by atoms with Crippen LogP contribution < -0.4 is 4.74 Å². The first kappa shape index (κ1) is 12.3. The fourth-order valence-corrected chi connectivity index (χ4v) is 1.52. The Hall–Kier alpha value is -0.740. The predicted octanol–water partition coefficient (Wildman–Crippen LogP) is 2.96. The minimum Gasteiger partial charge on any atom is -0.504 e. The lowest BCUT2D eigenvalue weighted by atomic mass is 10.3. The Morgan fingerprint density at radius 1 is 1.33 bits per heavy atom. The van der Waals surface area contributed by atoms with E-state index in [0.717, 1.165) is 17.7 Å². The van der Waals surface area contributed by atoms with Crippen LogP contribution in [0.5, 0.6) is 11.5 Å². The Kier molecular flexibility index (Phi) is 5.50. The molecule has 0 saturated carbocycles. The molecule has 0 spiro atoms. The molecule has 84 valence electrons. The molecule has 1 heterocycles. The number of phenolic OH excluding ortho intramolecular Hbond substituents is 1. The molecule has 3 nitrogen and oxygen atoms in total. The molecule has 4 heteroatoms. The van der Waals surface area contributed by atoms with Gasteiger partial charge in [0.25, 0.3) is 0 Å². The second-order valence-corrected chi connectivity index (χ2v) is 4.05. The number of benzene rings is 1. The summed E-state index contributed by atoms with van der Waals surface area (Å²) in [6, 6.07) is 5.08. The highest BCUT2D eigenvalue weighted by Crippen LogP contribution is 2.28. The SMILES string of the molecule is C1CCOC1.COc1ccc(Br)cc1O. The van der Waals surface area contributed by atoms with Crippen molar-refractivity contribution in [3.05, 3.63) is 22.7 Å². The van der Waals surface area contributed by atoms with Crippen LogP contribution in [0.3, 0.4) is 0 Å². The van der Waals surface area contributed by atoms with Crippen molar-refractivity contribution in [3.63, 3.8) is 0 Å². The molecule has 1 aliphatic rings. The highest BCUT2D eigenvalue weighted by molar-refractivity contribution is 9.10. The third-order valence-corrected chi connectivity index (χ3v) is 2.46. The predicted molar refractivity (Wildman–Crippen MR) is 62.4 cm³/mol. The molecule has 1 aromatic carbocycles. The van der Waals surface area contributed by atoms with Crippen LogP contribution in [-0.4, -0.2) is 25.4 Å². The Bertz CT molecular complexity index is 290. The maximum atomic E-state index is 9.14. The molecule has 1 N–H and O–H groups in total. The molecule has 2 rings (SSSR count). The van der Waals surface area contributed by atoms with Gasteiger partial charge in [0.2, 0.25) is 0 Å². The average molecular weight is 275 g/mol. The van der Waals surface area contributed by atoms with E-state index < -0.39 is 0 Å². The number of ether oxygens (including phenoxy) is 2. The van der Waals surface area contributed by atoms with Gasteiger partial charge in [-0.05, 0) is 31.0 Å². The first-order valence-corrected chi connectivity index (χ1v) is 5.63. The molecule has 0 radical (unpaired) electrons. The highest BCUT2D eigenvalue weighted by Gasteiger charge is 1.98. The van der Waals surface area contributed by atoms with Crippen LogP contribution in [-0.2, 0) is 4.74 Å². The van der Waals surface area contributed by atoms with Crippen molar-refractivity contribution in [2.24, 2.45) is 0 Å². The molecule has 1 aliphatic heterocycles. The van der Waals surface area contributed by atoms with Gasteiger partial charge in [0.1, 0.15) is 0 Å². The van der Waals surface area contributed by atoms with Gasteiger partial charge < -0.3 is 14.6 Å². The molecule has 0 aliphatic carbocycles. The fourth-order valence-electron chi connectivity index (χ4n) is 1.17. The largest absolute Gasteiger partial charge is 0.504 e.